The Morgan fingerprint density at radius 2 is 2.22 bits per heavy atom. The summed E-state index contributed by atoms with van der Waals surface area (Å²) < 4.78 is 8.46. The Bertz CT molecular complexity index is 819. The van der Waals surface area contributed by atoms with Crippen LogP contribution in [0.15, 0.2) is 29.8 Å². The lowest BCUT2D eigenvalue weighted by atomic mass is 10.3. The van der Waals surface area contributed by atoms with Crippen molar-refractivity contribution in [2.24, 2.45) is 14.1 Å². The maximum absolute atomic E-state index is 12.3. The summed E-state index contributed by atoms with van der Waals surface area (Å²) in [6.45, 7) is 0.343. The number of carbonyl (C=O) groups excluding carboxylic acids is 1. The van der Waals surface area contributed by atoms with Crippen molar-refractivity contribution in [3.05, 3.63) is 41.0 Å². The number of hydrogen-bond acceptors (Lipinski definition) is 5. The minimum atomic E-state index is -0.238. The largest absolute Gasteiger partial charge is 0.479 e. The second-order valence-corrected chi connectivity index (χ2v) is 5.98. The molecule has 0 atom stereocenters. The van der Waals surface area contributed by atoms with Gasteiger partial charge in [-0.05, 0) is 17.5 Å². The summed E-state index contributed by atoms with van der Waals surface area (Å²) in [7, 11) is 5.13. The Balaban J connectivity index is 1.71. The van der Waals surface area contributed by atoms with Crippen LogP contribution in [0.4, 0.5) is 0 Å². The molecule has 0 aliphatic carbocycles. The standard InChI is InChI=1S/C15H17N5O2S/c1-19-9-11(15(18-19)22-3)14(21)16-8-10-7-12(20(2)17-10)13-5-4-6-23-13/h4-7,9H,8H2,1-3H3,(H,16,21). The number of aromatic nitrogens is 4. The molecule has 3 rings (SSSR count). The summed E-state index contributed by atoms with van der Waals surface area (Å²) in [5.74, 6) is 0.0728. The number of nitrogens with one attached hydrogen (secondary N) is 1. The molecule has 0 spiro atoms. The van der Waals surface area contributed by atoms with E-state index < -0.39 is 0 Å². The molecule has 0 aromatic carbocycles. The fourth-order valence-corrected chi connectivity index (χ4v) is 3.08. The normalized spacial score (nSPS) is 10.7. The van der Waals surface area contributed by atoms with Crippen LogP contribution < -0.4 is 10.1 Å². The van der Waals surface area contributed by atoms with Gasteiger partial charge in [-0.3, -0.25) is 14.2 Å². The van der Waals surface area contributed by atoms with Gasteiger partial charge in [0.2, 0.25) is 5.88 Å². The Morgan fingerprint density at radius 3 is 2.91 bits per heavy atom. The Labute approximate surface area is 137 Å². The summed E-state index contributed by atoms with van der Waals surface area (Å²) in [4.78, 5) is 13.4. The van der Waals surface area contributed by atoms with Crippen LogP contribution in [-0.4, -0.2) is 32.6 Å². The van der Waals surface area contributed by atoms with Crippen molar-refractivity contribution < 1.29 is 9.53 Å². The first-order chi connectivity index (χ1) is 11.1. The maximum atomic E-state index is 12.3. The van der Waals surface area contributed by atoms with E-state index in [4.69, 9.17) is 4.74 Å². The lowest BCUT2D eigenvalue weighted by molar-refractivity contribution is 0.0947. The molecule has 0 unspecified atom stereocenters. The van der Waals surface area contributed by atoms with Gasteiger partial charge in [-0.1, -0.05) is 6.07 Å². The number of rotatable bonds is 5. The molecule has 8 heteroatoms. The van der Waals surface area contributed by atoms with Crippen LogP contribution >= 0.6 is 11.3 Å². The molecule has 0 aliphatic heterocycles. The van der Waals surface area contributed by atoms with Crippen LogP contribution in [0.1, 0.15) is 16.1 Å². The molecule has 0 saturated carbocycles. The Hall–Kier alpha value is -2.61. The lowest BCUT2D eigenvalue weighted by Crippen LogP contribution is -2.23. The van der Waals surface area contributed by atoms with Gasteiger partial charge in [-0.2, -0.15) is 5.10 Å². The van der Waals surface area contributed by atoms with Gasteiger partial charge >= 0.3 is 0 Å². The smallest absolute Gasteiger partial charge is 0.258 e. The molecule has 7 nitrogen and oxygen atoms in total. The summed E-state index contributed by atoms with van der Waals surface area (Å²) in [5, 5.41) is 13.4. The minimum absolute atomic E-state index is 0.238. The number of thiophene rings is 1. The predicted octanol–water partition coefficient (Wildman–Crippen LogP) is 1.82. The first kappa shape index (κ1) is 15.3. The third-order valence-electron chi connectivity index (χ3n) is 3.37. The van der Waals surface area contributed by atoms with Crippen LogP contribution in [0, 0.1) is 0 Å². The van der Waals surface area contributed by atoms with E-state index in [2.05, 4.69) is 15.5 Å². The van der Waals surface area contributed by atoms with Crippen LogP contribution in [0.3, 0.4) is 0 Å². The average molecular weight is 331 g/mol. The molecule has 3 aromatic rings. The first-order valence-electron chi connectivity index (χ1n) is 7.01. The number of carbonyl (C=O) groups is 1. The maximum Gasteiger partial charge on any atom is 0.258 e. The van der Waals surface area contributed by atoms with Crippen LogP contribution in [0.25, 0.3) is 10.6 Å². The Morgan fingerprint density at radius 1 is 1.39 bits per heavy atom. The van der Waals surface area contributed by atoms with Crippen molar-refractivity contribution in [2.75, 3.05) is 7.11 Å². The molecule has 23 heavy (non-hydrogen) atoms. The zero-order chi connectivity index (χ0) is 16.4. The second-order valence-electron chi connectivity index (χ2n) is 5.03. The summed E-state index contributed by atoms with van der Waals surface area (Å²) in [6, 6.07) is 6.03. The third kappa shape index (κ3) is 3.11. The van der Waals surface area contributed by atoms with E-state index in [0.29, 0.717) is 18.0 Å². The van der Waals surface area contributed by atoms with Gasteiger partial charge in [-0.25, -0.2) is 0 Å². The SMILES string of the molecule is COc1nn(C)cc1C(=O)NCc1cc(-c2cccs2)n(C)n1. The molecule has 1 amide bonds. The van der Waals surface area contributed by atoms with Gasteiger partial charge in [0.25, 0.3) is 5.91 Å². The fraction of sp³-hybridized carbons (Fsp3) is 0.267. The number of amides is 1. The molecule has 0 bridgehead atoms. The zero-order valence-electron chi connectivity index (χ0n) is 13.1. The number of nitrogens with zero attached hydrogens (tertiary/aromatic N) is 4. The van der Waals surface area contributed by atoms with E-state index in [1.807, 2.05) is 35.3 Å². The lowest BCUT2D eigenvalue weighted by Gasteiger charge is -2.02. The molecule has 0 saturated heterocycles. The van der Waals surface area contributed by atoms with Crippen molar-refractivity contribution in [3.63, 3.8) is 0 Å². The molecular formula is C15H17N5O2S. The Kier molecular flexibility index (Phi) is 4.16. The van der Waals surface area contributed by atoms with E-state index in [-0.39, 0.29) is 5.91 Å². The van der Waals surface area contributed by atoms with Gasteiger partial charge in [0.1, 0.15) is 5.56 Å². The fourth-order valence-electron chi connectivity index (χ4n) is 2.31. The molecular weight excluding hydrogens is 314 g/mol. The van der Waals surface area contributed by atoms with Crippen molar-refractivity contribution >= 4 is 17.2 Å². The van der Waals surface area contributed by atoms with Crippen LogP contribution in [0.2, 0.25) is 0 Å². The summed E-state index contributed by atoms with van der Waals surface area (Å²) in [5.41, 5.74) is 2.24. The van der Waals surface area contributed by atoms with Crippen molar-refractivity contribution in [3.8, 4) is 16.5 Å². The van der Waals surface area contributed by atoms with Crippen LogP contribution in [-0.2, 0) is 20.6 Å². The highest BCUT2D eigenvalue weighted by atomic mass is 32.1. The molecule has 0 fully saturated rings. The van der Waals surface area contributed by atoms with Gasteiger partial charge in [0.05, 0.1) is 29.9 Å². The molecule has 1 N–H and O–H groups in total. The highest BCUT2D eigenvalue weighted by Gasteiger charge is 2.17. The van der Waals surface area contributed by atoms with Gasteiger partial charge in [-0.15, -0.1) is 16.4 Å². The van der Waals surface area contributed by atoms with Crippen molar-refractivity contribution in [1.82, 2.24) is 24.9 Å². The second kappa shape index (κ2) is 6.25. The number of hydrogen-bond donors (Lipinski definition) is 1. The van der Waals surface area contributed by atoms with Crippen molar-refractivity contribution in [2.45, 2.75) is 6.54 Å². The number of aryl methyl sites for hydroxylation is 2. The van der Waals surface area contributed by atoms with Crippen LogP contribution in [0.5, 0.6) is 5.88 Å². The van der Waals surface area contributed by atoms with E-state index in [1.54, 1.807) is 29.3 Å². The first-order valence-corrected chi connectivity index (χ1v) is 7.89. The predicted molar refractivity (Wildman–Crippen MR) is 87.5 cm³/mol. The highest BCUT2D eigenvalue weighted by molar-refractivity contribution is 7.13. The minimum Gasteiger partial charge on any atom is -0.479 e. The van der Waals surface area contributed by atoms with E-state index in [9.17, 15) is 4.79 Å². The monoisotopic (exact) mass is 331 g/mol. The van der Waals surface area contributed by atoms with Gasteiger partial charge in [0, 0.05) is 20.3 Å². The van der Waals surface area contributed by atoms with E-state index in [1.165, 1.54) is 7.11 Å². The topological polar surface area (TPSA) is 74.0 Å². The molecule has 120 valence electrons. The quantitative estimate of drug-likeness (QED) is 0.774. The summed E-state index contributed by atoms with van der Waals surface area (Å²) in [6.07, 6.45) is 1.63. The number of ether oxygens (including phenoxy) is 1. The third-order valence-corrected chi connectivity index (χ3v) is 4.26. The molecule has 0 aliphatic rings. The summed E-state index contributed by atoms with van der Waals surface area (Å²) >= 11 is 1.66. The van der Waals surface area contributed by atoms with Crippen molar-refractivity contribution in [1.29, 1.82) is 0 Å². The average Bonchev–Trinajstić information content (AvgIpc) is 3.24. The molecule has 0 radical (unpaired) electrons. The molecule has 3 heterocycles. The molecule has 3 aromatic heterocycles. The highest BCUT2D eigenvalue weighted by Crippen LogP contribution is 2.24. The van der Waals surface area contributed by atoms with Gasteiger partial charge < -0.3 is 10.1 Å². The number of methoxy groups -OCH3 is 1. The van der Waals surface area contributed by atoms with E-state index in [0.717, 1.165) is 16.3 Å². The zero-order valence-corrected chi connectivity index (χ0v) is 13.9. The van der Waals surface area contributed by atoms with Gasteiger partial charge in [0.15, 0.2) is 0 Å². The van der Waals surface area contributed by atoms with E-state index >= 15 is 0 Å².